The normalized spacial score (nSPS) is 13.7. The molecule has 0 saturated heterocycles. The van der Waals surface area contributed by atoms with Crippen molar-refractivity contribution in [1.29, 1.82) is 0 Å². The average Bonchev–Trinajstić information content (AvgIpc) is 3.34. The lowest BCUT2D eigenvalue weighted by molar-refractivity contribution is -0.147. The van der Waals surface area contributed by atoms with Crippen LogP contribution >= 0.6 is 0 Å². The van der Waals surface area contributed by atoms with Crippen LogP contribution in [-0.2, 0) is 41.6 Å². The Kier molecular flexibility index (Phi) is 10.7. The van der Waals surface area contributed by atoms with Gasteiger partial charge in [0, 0.05) is 23.5 Å². The number of hydrogen-bond donors (Lipinski definition) is 8. The number of aromatic nitrogens is 1. The maximum Gasteiger partial charge on any atom is 0.326 e. The van der Waals surface area contributed by atoms with Crippen molar-refractivity contribution in [2.75, 3.05) is 0 Å². The summed E-state index contributed by atoms with van der Waals surface area (Å²) in [6.45, 7) is 0. The second-order valence-electron chi connectivity index (χ2n) is 9.58. The standard InChI is InChI=1S/C28H31N5O9/c29-18(11-16-14-30-19-9-5-4-8-17(16)19)25(38)31-21(12-23(34)35)27(40)32-20(10-15-6-2-1-3-7-15)26(39)33-22(28(41)42)13-24(36)37/h1-9,14,18,20-22,30H,10-13,29H2,(H,31,38)(H,32,40)(H,33,39)(H,34,35)(H,36,37)(H,41,42). The highest BCUT2D eigenvalue weighted by atomic mass is 16.4. The first-order valence-electron chi connectivity index (χ1n) is 12.9. The zero-order chi connectivity index (χ0) is 30.8. The van der Waals surface area contributed by atoms with Gasteiger partial charge in [0.1, 0.15) is 18.1 Å². The summed E-state index contributed by atoms with van der Waals surface area (Å²) in [6.07, 6.45) is -0.129. The molecule has 0 spiro atoms. The summed E-state index contributed by atoms with van der Waals surface area (Å²) in [5.74, 6) is -7.35. The number of H-pyrrole nitrogens is 1. The molecule has 3 rings (SSSR count). The highest BCUT2D eigenvalue weighted by Gasteiger charge is 2.32. The number of carboxylic acids is 3. The van der Waals surface area contributed by atoms with Crippen LogP contribution in [0.4, 0.5) is 0 Å². The summed E-state index contributed by atoms with van der Waals surface area (Å²) in [6, 6.07) is 9.65. The SMILES string of the molecule is NC(Cc1c[nH]c2ccccc12)C(=O)NC(CC(=O)O)C(=O)NC(Cc1ccccc1)C(=O)NC(CC(=O)O)C(=O)O. The second-order valence-corrected chi connectivity index (χ2v) is 9.58. The molecule has 0 fully saturated rings. The summed E-state index contributed by atoms with van der Waals surface area (Å²) >= 11 is 0. The topological polar surface area (TPSA) is 241 Å². The van der Waals surface area contributed by atoms with E-state index in [1.165, 1.54) is 0 Å². The maximum absolute atomic E-state index is 13.2. The van der Waals surface area contributed by atoms with Crippen molar-refractivity contribution in [1.82, 2.24) is 20.9 Å². The molecule has 1 aromatic heterocycles. The molecule has 14 heteroatoms. The first-order valence-corrected chi connectivity index (χ1v) is 12.9. The molecular formula is C28H31N5O9. The predicted molar refractivity (Wildman–Crippen MR) is 148 cm³/mol. The third-order valence-corrected chi connectivity index (χ3v) is 6.37. The van der Waals surface area contributed by atoms with Gasteiger partial charge in [0.25, 0.3) is 0 Å². The van der Waals surface area contributed by atoms with Crippen LogP contribution in [0.3, 0.4) is 0 Å². The van der Waals surface area contributed by atoms with Crippen LogP contribution in [0.5, 0.6) is 0 Å². The molecule has 3 aromatic rings. The van der Waals surface area contributed by atoms with Crippen molar-refractivity contribution in [3.8, 4) is 0 Å². The second kappa shape index (κ2) is 14.4. The van der Waals surface area contributed by atoms with Crippen LogP contribution in [0.25, 0.3) is 10.9 Å². The van der Waals surface area contributed by atoms with Gasteiger partial charge in [-0.2, -0.15) is 0 Å². The quantitative estimate of drug-likeness (QED) is 0.117. The number of rotatable bonds is 15. The molecule has 0 aliphatic heterocycles. The van der Waals surface area contributed by atoms with E-state index in [4.69, 9.17) is 10.8 Å². The predicted octanol–water partition coefficient (Wildman–Crippen LogP) is -0.231. The number of nitrogens with one attached hydrogen (secondary N) is 4. The minimum Gasteiger partial charge on any atom is -0.481 e. The van der Waals surface area contributed by atoms with Crippen LogP contribution in [-0.4, -0.2) is 80.1 Å². The van der Waals surface area contributed by atoms with Crippen LogP contribution in [0.15, 0.2) is 60.8 Å². The number of aromatic amines is 1. The number of hydrogen-bond acceptors (Lipinski definition) is 7. The Morgan fingerprint density at radius 1 is 0.690 bits per heavy atom. The lowest BCUT2D eigenvalue weighted by atomic mass is 10.0. The number of carbonyl (C=O) groups excluding carboxylic acids is 3. The van der Waals surface area contributed by atoms with E-state index in [-0.39, 0.29) is 12.8 Å². The summed E-state index contributed by atoms with van der Waals surface area (Å²) in [4.78, 5) is 76.3. The Morgan fingerprint density at radius 3 is 1.88 bits per heavy atom. The van der Waals surface area contributed by atoms with Crippen LogP contribution in [0.2, 0.25) is 0 Å². The largest absolute Gasteiger partial charge is 0.481 e. The summed E-state index contributed by atoms with van der Waals surface area (Å²) < 4.78 is 0. The molecule has 2 aromatic carbocycles. The van der Waals surface area contributed by atoms with Crippen molar-refractivity contribution >= 4 is 46.5 Å². The van der Waals surface area contributed by atoms with Crippen LogP contribution in [0.1, 0.15) is 24.0 Å². The molecule has 9 N–H and O–H groups in total. The van der Waals surface area contributed by atoms with E-state index in [1.807, 2.05) is 24.3 Å². The molecule has 1 heterocycles. The van der Waals surface area contributed by atoms with E-state index in [0.717, 1.165) is 16.5 Å². The van der Waals surface area contributed by atoms with Gasteiger partial charge in [-0.25, -0.2) is 4.79 Å². The van der Waals surface area contributed by atoms with E-state index in [9.17, 15) is 39.0 Å². The van der Waals surface area contributed by atoms with Crippen molar-refractivity contribution in [3.63, 3.8) is 0 Å². The fourth-order valence-corrected chi connectivity index (χ4v) is 4.27. The van der Waals surface area contributed by atoms with E-state index < -0.39 is 72.6 Å². The molecule has 3 amide bonds. The van der Waals surface area contributed by atoms with Gasteiger partial charge in [-0.15, -0.1) is 0 Å². The average molecular weight is 582 g/mol. The Hall–Kier alpha value is -5.24. The highest BCUT2D eigenvalue weighted by Crippen LogP contribution is 2.19. The molecule has 0 radical (unpaired) electrons. The number of para-hydroxylation sites is 1. The number of fused-ring (bicyclic) bond motifs is 1. The first kappa shape index (κ1) is 31.3. The molecule has 4 unspecified atom stereocenters. The van der Waals surface area contributed by atoms with Crippen LogP contribution < -0.4 is 21.7 Å². The highest BCUT2D eigenvalue weighted by molar-refractivity contribution is 5.96. The van der Waals surface area contributed by atoms with Crippen molar-refractivity contribution in [2.24, 2.45) is 5.73 Å². The summed E-state index contributed by atoms with van der Waals surface area (Å²) in [7, 11) is 0. The van der Waals surface area contributed by atoms with E-state index >= 15 is 0 Å². The van der Waals surface area contributed by atoms with Gasteiger partial charge in [0.15, 0.2) is 0 Å². The van der Waals surface area contributed by atoms with E-state index in [2.05, 4.69) is 20.9 Å². The molecular weight excluding hydrogens is 550 g/mol. The Labute approximate surface area is 239 Å². The number of carboxylic acid groups (broad SMARTS) is 3. The lowest BCUT2D eigenvalue weighted by Crippen LogP contribution is -2.58. The number of nitrogens with two attached hydrogens (primary N) is 1. The number of amides is 3. The van der Waals surface area contributed by atoms with Crippen molar-refractivity contribution < 1.29 is 44.1 Å². The molecule has 0 aliphatic carbocycles. The molecule has 222 valence electrons. The maximum atomic E-state index is 13.2. The third-order valence-electron chi connectivity index (χ3n) is 6.37. The van der Waals surface area contributed by atoms with Crippen molar-refractivity contribution in [2.45, 2.75) is 49.9 Å². The minimum atomic E-state index is -1.79. The lowest BCUT2D eigenvalue weighted by Gasteiger charge is -2.24. The van der Waals surface area contributed by atoms with Gasteiger partial charge in [-0.1, -0.05) is 48.5 Å². The molecule has 0 aliphatic rings. The molecule has 0 saturated carbocycles. The monoisotopic (exact) mass is 581 g/mol. The zero-order valence-electron chi connectivity index (χ0n) is 22.3. The fourth-order valence-electron chi connectivity index (χ4n) is 4.27. The van der Waals surface area contributed by atoms with Gasteiger partial charge in [0.05, 0.1) is 18.9 Å². The molecule has 14 nitrogen and oxygen atoms in total. The first-order chi connectivity index (χ1) is 19.9. The van der Waals surface area contributed by atoms with Crippen molar-refractivity contribution in [3.05, 3.63) is 71.9 Å². The number of benzene rings is 2. The van der Waals surface area contributed by atoms with E-state index in [0.29, 0.717) is 5.56 Å². The Balaban J connectivity index is 1.76. The summed E-state index contributed by atoms with van der Waals surface area (Å²) in [5, 5.41) is 35.3. The Bertz CT molecular complexity index is 1460. The van der Waals surface area contributed by atoms with E-state index in [1.54, 1.807) is 36.5 Å². The van der Waals surface area contributed by atoms with Gasteiger partial charge in [-0.05, 0) is 23.6 Å². The Morgan fingerprint density at radius 2 is 1.24 bits per heavy atom. The number of aliphatic carboxylic acids is 3. The minimum absolute atomic E-state index is 0.0798. The zero-order valence-corrected chi connectivity index (χ0v) is 22.3. The molecule has 0 bridgehead atoms. The van der Waals surface area contributed by atoms with Gasteiger partial charge >= 0.3 is 17.9 Å². The third kappa shape index (κ3) is 8.89. The molecule has 42 heavy (non-hydrogen) atoms. The molecule has 4 atom stereocenters. The smallest absolute Gasteiger partial charge is 0.326 e. The van der Waals surface area contributed by atoms with Gasteiger partial charge < -0.3 is 42.0 Å². The summed E-state index contributed by atoms with van der Waals surface area (Å²) in [5.41, 5.74) is 8.21. The number of carbonyl (C=O) groups is 6. The fraction of sp³-hybridized carbons (Fsp3) is 0.286. The van der Waals surface area contributed by atoms with Crippen LogP contribution in [0, 0.1) is 0 Å². The van der Waals surface area contributed by atoms with Gasteiger partial charge in [0.2, 0.25) is 17.7 Å². The van der Waals surface area contributed by atoms with Gasteiger partial charge in [-0.3, -0.25) is 24.0 Å².